The van der Waals surface area contributed by atoms with Crippen molar-refractivity contribution in [2.24, 2.45) is 0 Å². The minimum atomic E-state index is -3.44. The van der Waals surface area contributed by atoms with Crippen molar-refractivity contribution in [2.75, 3.05) is 24.5 Å². The number of fused-ring (bicyclic) bond motifs is 1. The van der Waals surface area contributed by atoms with Gasteiger partial charge in [-0.25, -0.2) is 13.1 Å². The third-order valence-corrected chi connectivity index (χ3v) is 4.80. The van der Waals surface area contributed by atoms with Crippen LogP contribution in [0.5, 0.6) is 5.75 Å². The largest absolute Gasteiger partial charge is 0.484 e. The summed E-state index contributed by atoms with van der Waals surface area (Å²) in [5.74, 6) is 0.735. The van der Waals surface area contributed by atoms with Gasteiger partial charge in [0.2, 0.25) is 10.0 Å². The first kappa shape index (κ1) is 15.1. The second-order valence-electron chi connectivity index (χ2n) is 5.51. The summed E-state index contributed by atoms with van der Waals surface area (Å²) < 4.78 is 32.6. The SMILES string of the molecule is CCNS(=O)(=O)c1ccc2c(c1)N(CC)CC(C)(C)O2. The highest BCUT2D eigenvalue weighted by molar-refractivity contribution is 7.89. The molecule has 0 saturated carbocycles. The summed E-state index contributed by atoms with van der Waals surface area (Å²) >= 11 is 0. The molecule has 1 heterocycles. The molecule has 1 aliphatic rings. The number of benzene rings is 1. The first-order valence-corrected chi connectivity index (χ1v) is 8.35. The molecule has 0 aromatic heterocycles. The summed E-state index contributed by atoms with van der Waals surface area (Å²) in [4.78, 5) is 2.42. The van der Waals surface area contributed by atoms with Gasteiger partial charge in [-0.2, -0.15) is 0 Å². The molecule has 0 amide bonds. The summed E-state index contributed by atoms with van der Waals surface area (Å²) in [5.41, 5.74) is 0.566. The summed E-state index contributed by atoms with van der Waals surface area (Å²) in [6.45, 7) is 9.80. The molecule has 1 aromatic rings. The molecular formula is C14H22N2O3S. The maximum atomic E-state index is 12.1. The Morgan fingerprint density at radius 1 is 1.35 bits per heavy atom. The lowest BCUT2D eigenvalue weighted by Crippen LogP contribution is -2.46. The summed E-state index contributed by atoms with van der Waals surface area (Å²) in [6.07, 6.45) is 0. The predicted octanol–water partition coefficient (Wildman–Crippen LogP) is 1.98. The molecule has 0 fully saturated rings. The van der Waals surface area contributed by atoms with Crippen molar-refractivity contribution in [3.05, 3.63) is 18.2 Å². The van der Waals surface area contributed by atoms with Crippen molar-refractivity contribution >= 4 is 15.7 Å². The van der Waals surface area contributed by atoms with E-state index >= 15 is 0 Å². The van der Waals surface area contributed by atoms with E-state index in [1.165, 1.54) is 0 Å². The zero-order valence-corrected chi connectivity index (χ0v) is 13.3. The minimum absolute atomic E-state index is 0.273. The van der Waals surface area contributed by atoms with Crippen molar-refractivity contribution in [2.45, 2.75) is 38.2 Å². The average molecular weight is 298 g/mol. The Labute approximate surface area is 121 Å². The Balaban J connectivity index is 2.46. The molecule has 6 heteroatoms. The average Bonchev–Trinajstić information content (AvgIpc) is 2.36. The fourth-order valence-corrected chi connectivity index (χ4v) is 3.49. The van der Waals surface area contributed by atoms with Crippen molar-refractivity contribution in [3.8, 4) is 5.75 Å². The van der Waals surface area contributed by atoms with Gasteiger partial charge in [-0.3, -0.25) is 0 Å². The quantitative estimate of drug-likeness (QED) is 0.923. The van der Waals surface area contributed by atoms with Crippen molar-refractivity contribution in [1.82, 2.24) is 4.72 Å². The highest BCUT2D eigenvalue weighted by Gasteiger charge is 2.31. The van der Waals surface area contributed by atoms with Crippen LogP contribution in [-0.2, 0) is 10.0 Å². The number of anilines is 1. The van der Waals surface area contributed by atoms with Crippen molar-refractivity contribution in [1.29, 1.82) is 0 Å². The third-order valence-electron chi connectivity index (χ3n) is 3.26. The molecule has 0 radical (unpaired) electrons. The van der Waals surface area contributed by atoms with Gasteiger partial charge in [0.05, 0.1) is 17.1 Å². The van der Waals surface area contributed by atoms with E-state index in [-0.39, 0.29) is 10.5 Å². The van der Waals surface area contributed by atoms with Crippen LogP contribution in [0.1, 0.15) is 27.7 Å². The molecule has 0 spiro atoms. The van der Waals surface area contributed by atoms with Crippen LogP contribution >= 0.6 is 0 Å². The number of nitrogens with one attached hydrogen (secondary N) is 1. The van der Waals surface area contributed by atoms with Crippen LogP contribution in [0.3, 0.4) is 0 Å². The van der Waals surface area contributed by atoms with Crippen LogP contribution in [-0.4, -0.2) is 33.7 Å². The molecule has 20 heavy (non-hydrogen) atoms. The monoisotopic (exact) mass is 298 g/mol. The smallest absolute Gasteiger partial charge is 0.240 e. The van der Waals surface area contributed by atoms with Crippen LogP contribution in [0.4, 0.5) is 5.69 Å². The van der Waals surface area contributed by atoms with E-state index in [9.17, 15) is 8.42 Å². The Hall–Kier alpha value is -1.27. The summed E-state index contributed by atoms with van der Waals surface area (Å²) in [5, 5.41) is 0. The number of rotatable bonds is 4. The van der Waals surface area contributed by atoms with Crippen molar-refractivity contribution in [3.63, 3.8) is 0 Å². The summed E-state index contributed by atoms with van der Waals surface area (Å²) in [6, 6.07) is 5.02. The maximum absolute atomic E-state index is 12.1. The number of sulfonamides is 1. The van der Waals surface area contributed by atoms with E-state index in [2.05, 4.69) is 16.5 Å². The first-order chi connectivity index (χ1) is 9.29. The van der Waals surface area contributed by atoms with Crippen LogP contribution in [0.15, 0.2) is 23.1 Å². The Morgan fingerprint density at radius 3 is 2.65 bits per heavy atom. The van der Waals surface area contributed by atoms with Gasteiger partial charge >= 0.3 is 0 Å². The number of nitrogens with zero attached hydrogens (tertiary/aromatic N) is 1. The lowest BCUT2D eigenvalue weighted by molar-refractivity contribution is 0.105. The molecule has 112 valence electrons. The third kappa shape index (κ3) is 2.91. The van der Waals surface area contributed by atoms with E-state index in [4.69, 9.17) is 4.74 Å². The van der Waals surface area contributed by atoms with E-state index in [1.54, 1.807) is 25.1 Å². The Bertz CT molecular complexity index is 596. The molecule has 0 atom stereocenters. The minimum Gasteiger partial charge on any atom is -0.484 e. The zero-order valence-electron chi connectivity index (χ0n) is 12.4. The van der Waals surface area contributed by atoms with E-state index < -0.39 is 10.0 Å². The molecule has 0 unspecified atom stereocenters. The predicted molar refractivity (Wildman–Crippen MR) is 79.9 cm³/mol. The number of ether oxygens (including phenoxy) is 1. The standard InChI is InChI=1S/C14H22N2O3S/c1-5-15-20(17,18)11-7-8-13-12(9-11)16(6-2)10-14(3,4)19-13/h7-9,15H,5-6,10H2,1-4H3. The molecule has 2 rings (SSSR count). The Morgan fingerprint density at radius 2 is 2.05 bits per heavy atom. The van der Waals surface area contributed by atoms with Crippen LogP contribution in [0, 0.1) is 0 Å². The van der Waals surface area contributed by atoms with Crippen molar-refractivity contribution < 1.29 is 13.2 Å². The number of likely N-dealkylation sites (N-methyl/N-ethyl adjacent to an activating group) is 1. The molecule has 0 aliphatic carbocycles. The van der Waals surface area contributed by atoms with E-state index in [0.717, 1.165) is 24.5 Å². The summed E-state index contributed by atoms with van der Waals surface area (Å²) in [7, 11) is -3.44. The maximum Gasteiger partial charge on any atom is 0.240 e. The van der Waals surface area contributed by atoms with Gasteiger partial charge in [0.15, 0.2) is 0 Å². The molecule has 0 saturated heterocycles. The molecule has 1 aromatic carbocycles. The van der Waals surface area contributed by atoms with Gasteiger partial charge in [-0.15, -0.1) is 0 Å². The number of hydrogen-bond acceptors (Lipinski definition) is 4. The van der Waals surface area contributed by atoms with Crippen LogP contribution in [0.2, 0.25) is 0 Å². The van der Waals surface area contributed by atoms with Crippen LogP contribution < -0.4 is 14.4 Å². The van der Waals surface area contributed by atoms with Gasteiger partial charge in [0.25, 0.3) is 0 Å². The molecule has 1 N–H and O–H groups in total. The van der Waals surface area contributed by atoms with Gasteiger partial charge in [0.1, 0.15) is 11.4 Å². The zero-order chi connectivity index (χ0) is 15.0. The highest BCUT2D eigenvalue weighted by atomic mass is 32.2. The molecular weight excluding hydrogens is 276 g/mol. The second kappa shape index (κ2) is 5.26. The van der Waals surface area contributed by atoms with E-state index in [0.29, 0.717) is 6.54 Å². The van der Waals surface area contributed by atoms with Gasteiger partial charge in [0, 0.05) is 13.1 Å². The highest BCUT2D eigenvalue weighted by Crippen LogP contribution is 2.38. The fourth-order valence-electron chi connectivity index (χ4n) is 2.43. The molecule has 1 aliphatic heterocycles. The normalized spacial score (nSPS) is 17.5. The Kier molecular flexibility index (Phi) is 3.97. The van der Waals surface area contributed by atoms with Gasteiger partial charge in [-0.1, -0.05) is 6.92 Å². The fraction of sp³-hybridized carbons (Fsp3) is 0.571. The van der Waals surface area contributed by atoms with Crippen LogP contribution in [0.25, 0.3) is 0 Å². The molecule has 0 bridgehead atoms. The first-order valence-electron chi connectivity index (χ1n) is 6.87. The topological polar surface area (TPSA) is 58.6 Å². The lowest BCUT2D eigenvalue weighted by atomic mass is 10.1. The van der Waals surface area contributed by atoms with Gasteiger partial charge in [-0.05, 0) is 39.0 Å². The number of hydrogen-bond donors (Lipinski definition) is 1. The van der Waals surface area contributed by atoms with Gasteiger partial charge < -0.3 is 9.64 Å². The lowest BCUT2D eigenvalue weighted by Gasteiger charge is -2.40. The van der Waals surface area contributed by atoms with E-state index in [1.807, 2.05) is 13.8 Å². The molecule has 5 nitrogen and oxygen atoms in total. The second-order valence-corrected chi connectivity index (χ2v) is 7.27.